The van der Waals surface area contributed by atoms with Crippen molar-refractivity contribution >= 4 is 58.4 Å². The Bertz CT molecular complexity index is 842. The quantitative estimate of drug-likeness (QED) is 0.518. The summed E-state index contributed by atoms with van der Waals surface area (Å²) in [6.07, 6.45) is 1.87. The molecule has 2 aromatic carbocycles. The van der Waals surface area contributed by atoms with Crippen LogP contribution in [0.3, 0.4) is 0 Å². The summed E-state index contributed by atoms with van der Waals surface area (Å²) in [6.45, 7) is 3.38. The van der Waals surface area contributed by atoms with E-state index in [-0.39, 0.29) is 15.7 Å². The van der Waals surface area contributed by atoms with Crippen molar-refractivity contribution in [3.8, 4) is 0 Å². The smallest absolute Gasteiger partial charge is 0.331 e. The van der Waals surface area contributed by atoms with Gasteiger partial charge in [-0.2, -0.15) is 0 Å². The molecule has 0 aliphatic carbocycles. The van der Waals surface area contributed by atoms with Crippen LogP contribution < -0.4 is 5.32 Å². The number of hydrogen-bond acceptors (Lipinski definition) is 3. The third kappa shape index (κ3) is 5.49. The molecule has 0 saturated carbocycles. The van der Waals surface area contributed by atoms with Gasteiger partial charge in [0, 0.05) is 11.1 Å². The average molecular weight is 413 g/mol. The summed E-state index contributed by atoms with van der Waals surface area (Å²) in [6, 6.07) is 10.5. The van der Waals surface area contributed by atoms with E-state index in [1.165, 1.54) is 25.1 Å². The Morgan fingerprint density at radius 3 is 2.35 bits per heavy atom. The molecule has 136 valence electrons. The van der Waals surface area contributed by atoms with Crippen molar-refractivity contribution in [1.82, 2.24) is 0 Å². The molecule has 1 atom stereocenters. The zero-order valence-corrected chi connectivity index (χ0v) is 16.3. The minimum absolute atomic E-state index is 0.189. The number of amides is 1. The van der Waals surface area contributed by atoms with Crippen LogP contribution in [0.1, 0.15) is 18.1 Å². The molecule has 0 radical (unpaired) electrons. The molecule has 1 N–H and O–H groups in total. The lowest BCUT2D eigenvalue weighted by atomic mass is 10.1. The van der Waals surface area contributed by atoms with Gasteiger partial charge in [-0.05, 0) is 43.2 Å². The summed E-state index contributed by atoms with van der Waals surface area (Å²) >= 11 is 17.9. The highest BCUT2D eigenvalue weighted by atomic mass is 35.5. The fourth-order valence-electron chi connectivity index (χ4n) is 2.09. The fraction of sp³-hybridized carbons (Fsp3) is 0.158. The van der Waals surface area contributed by atoms with E-state index >= 15 is 0 Å². The zero-order chi connectivity index (χ0) is 19.3. The van der Waals surface area contributed by atoms with Crippen molar-refractivity contribution in [3.05, 3.63) is 68.7 Å². The molecule has 0 heterocycles. The number of aryl methyl sites for hydroxylation is 1. The molecule has 2 rings (SSSR count). The van der Waals surface area contributed by atoms with Crippen molar-refractivity contribution in [2.45, 2.75) is 20.0 Å². The van der Waals surface area contributed by atoms with E-state index in [1.807, 2.05) is 31.2 Å². The van der Waals surface area contributed by atoms with Crippen LogP contribution in [-0.4, -0.2) is 18.0 Å². The summed E-state index contributed by atoms with van der Waals surface area (Å²) in [5.74, 6) is -1.20. The first-order valence-corrected chi connectivity index (χ1v) is 8.81. The van der Waals surface area contributed by atoms with Crippen LogP contribution in [0.4, 0.5) is 5.69 Å². The number of halogens is 3. The SMILES string of the molecule is Cc1ccccc1/C=C/C(=O)O[C@H](C)C(=O)Nc1c(Cl)cc(Cl)cc1Cl. The lowest BCUT2D eigenvalue weighted by Crippen LogP contribution is -2.29. The maximum absolute atomic E-state index is 12.2. The number of anilines is 1. The zero-order valence-electron chi connectivity index (χ0n) is 14.1. The molecular formula is C19H16Cl3NO3. The van der Waals surface area contributed by atoms with E-state index in [1.54, 1.807) is 6.08 Å². The van der Waals surface area contributed by atoms with Gasteiger partial charge in [0.05, 0.1) is 15.7 Å². The minimum Gasteiger partial charge on any atom is -0.449 e. The van der Waals surface area contributed by atoms with Gasteiger partial charge in [-0.15, -0.1) is 0 Å². The molecule has 4 nitrogen and oxygen atoms in total. The van der Waals surface area contributed by atoms with E-state index in [9.17, 15) is 9.59 Å². The molecule has 0 spiro atoms. The maximum Gasteiger partial charge on any atom is 0.331 e. The third-order valence-corrected chi connectivity index (χ3v) is 4.32. The fourth-order valence-corrected chi connectivity index (χ4v) is 3.00. The molecule has 2 aromatic rings. The van der Waals surface area contributed by atoms with Crippen LogP contribution in [0.5, 0.6) is 0 Å². The Kier molecular flexibility index (Phi) is 7.09. The first kappa shape index (κ1) is 20.3. The molecule has 0 fully saturated rings. The molecule has 1 amide bonds. The Morgan fingerprint density at radius 2 is 1.73 bits per heavy atom. The van der Waals surface area contributed by atoms with Crippen LogP contribution in [0.2, 0.25) is 15.1 Å². The maximum atomic E-state index is 12.2. The monoisotopic (exact) mass is 411 g/mol. The molecule has 0 aromatic heterocycles. The van der Waals surface area contributed by atoms with Crippen molar-refractivity contribution in [3.63, 3.8) is 0 Å². The molecule has 0 saturated heterocycles. The Balaban J connectivity index is 1.99. The molecule has 26 heavy (non-hydrogen) atoms. The molecule has 0 aliphatic heterocycles. The van der Waals surface area contributed by atoms with E-state index in [4.69, 9.17) is 39.5 Å². The second-order valence-electron chi connectivity index (χ2n) is 5.50. The second-order valence-corrected chi connectivity index (χ2v) is 6.75. The standard InChI is InChI=1S/C19H16Cl3NO3/c1-11-5-3-4-6-13(11)7-8-17(24)26-12(2)19(25)23-18-15(21)9-14(20)10-16(18)22/h3-10,12H,1-2H3,(H,23,25)/b8-7+/t12-/m1/s1. The Morgan fingerprint density at radius 1 is 1.12 bits per heavy atom. The topological polar surface area (TPSA) is 55.4 Å². The summed E-state index contributed by atoms with van der Waals surface area (Å²) in [5, 5.41) is 3.25. The predicted octanol–water partition coefficient (Wildman–Crippen LogP) is 5.54. The summed E-state index contributed by atoms with van der Waals surface area (Å²) in [7, 11) is 0. The Hall–Kier alpha value is -2.01. The highest BCUT2D eigenvalue weighted by Gasteiger charge is 2.19. The van der Waals surface area contributed by atoms with Crippen molar-refractivity contribution in [2.75, 3.05) is 5.32 Å². The van der Waals surface area contributed by atoms with Gasteiger partial charge in [-0.25, -0.2) is 4.79 Å². The number of carbonyl (C=O) groups is 2. The van der Waals surface area contributed by atoms with Gasteiger partial charge in [-0.3, -0.25) is 4.79 Å². The molecule has 0 bridgehead atoms. The third-order valence-electron chi connectivity index (χ3n) is 3.50. The van der Waals surface area contributed by atoms with E-state index in [0.29, 0.717) is 5.02 Å². The molecule has 7 heteroatoms. The van der Waals surface area contributed by atoms with E-state index in [2.05, 4.69) is 5.32 Å². The van der Waals surface area contributed by atoms with E-state index < -0.39 is 18.0 Å². The van der Waals surface area contributed by atoms with Gasteiger partial charge in [-0.1, -0.05) is 59.1 Å². The molecule has 0 aliphatic rings. The second kappa shape index (κ2) is 9.08. The van der Waals surface area contributed by atoms with Crippen molar-refractivity contribution in [2.24, 2.45) is 0 Å². The normalized spacial score (nSPS) is 12.0. The highest BCUT2D eigenvalue weighted by Crippen LogP contribution is 2.33. The number of benzene rings is 2. The lowest BCUT2D eigenvalue weighted by molar-refractivity contribution is -0.148. The van der Waals surface area contributed by atoms with Crippen LogP contribution in [-0.2, 0) is 14.3 Å². The largest absolute Gasteiger partial charge is 0.449 e. The van der Waals surface area contributed by atoms with Gasteiger partial charge in [0.2, 0.25) is 0 Å². The van der Waals surface area contributed by atoms with Crippen LogP contribution >= 0.6 is 34.8 Å². The van der Waals surface area contributed by atoms with Gasteiger partial charge in [0.1, 0.15) is 0 Å². The average Bonchev–Trinajstić information content (AvgIpc) is 2.57. The first-order chi connectivity index (χ1) is 12.3. The summed E-state index contributed by atoms with van der Waals surface area (Å²) in [5.41, 5.74) is 2.12. The minimum atomic E-state index is -1.04. The van der Waals surface area contributed by atoms with Crippen molar-refractivity contribution < 1.29 is 14.3 Å². The van der Waals surface area contributed by atoms with Gasteiger partial charge < -0.3 is 10.1 Å². The van der Waals surface area contributed by atoms with Gasteiger partial charge >= 0.3 is 5.97 Å². The number of ether oxygens (including phenoxy) is 1. The molecular weight excluding hydrogens is 397 g/mol. The predicted molar refractivity (Wildman–Crippen MR) is 106 cm³/mol. The first-order valence-electron chi connectivity index (χ1n) is 7.67. The van der Waals surface area contributed by atoms with Crippen LogP contribution in [0.25, 0.3) is 6.08 Å². The lowest BCUT2D eigenvalue weighted by Gasteiger charge is -2.14. The van der Waals surface area contributed by atoms with Crippen molar-refractivity contribution in [1.29, 1.82) is 0 Å². The number of nitrogens with one attached hydrogen (secondary N) is 1. The van der Waals surface area contributed by atoms with Crippen LogP contribution in [0.15, 0.2) is 42.5 Å². The van der Waals surface area contributed by atoms with Gasteiger partial charge in [0.15, 0.2) is 6.10 Å². The van der Waals surface area contributed by atoms with E-state index in [0.717, 1.165) is 11.1 Å². The summed E-state index contributed by atoms with van der Waals surface area (Å²) < 4.78 is 5.10. The number of esters is 1. The molecule has 0 unspecified atom stereocenters. The highest BCUT2D eigenvalue weighted by molar-refractivity contribution is 6.42. The van der Waals surface area contributed by atoms with Gasteiger partial charge in [0.25, 0.3) is 5.91 Å². The summed E-state index contributed by atoms with van der Waals surface area (Å²) in [4.78, 5) is 24.1. The number of carbonyl (C=O) groups excluding carboxylic acids is 2. The number of hydrogen-bond donors (Lipinski definition) is 1. The van der Waals surface area contributed by atoms with Crippen LogP contribution in [0, 0.1) is 6.92 Å². The Labute approximate surface area is 166 Å². The number of rotatable bonds is 5.